The van der Waals surface area contributed by atoms with Gasteiger partial charge in [-0.25, -0.2) is 0 Å². The summed E-state index contributed by atoms with van der Waals surface area (Å²) in [5.41, 5.74) is 3.14. The molecular weight excluding hydrogens is 380 g/mol. The summed E-state index contributed by atoms with van der Waals surface area (Å²) in [6.07, 6.45) is 3.47. The first-order valence-corrected chi connectivity index (χ1v) is 10.4. The molecule has 2 aromatic carbocycles. The Morgan fingerprint density at radius 3 is 2.60 bits per heavy atom. The molecule has 1 aliphatic rings. The van der Waals surface area contributed by atoms with Crippen molar-refractivity contribution in [3.63, 3.8) is 0 Å². The van der Waals surface area contributed by atoms with Gasteiger partial charge >= 0.3 is 0 Å². The largest absolute Gasteiger partial charge is 0.497 e. The highest BCUT2D eigenvalue weighted by atomic mass is 16.5. The summed E-state index contributed by atoms with van der Waals surface area (Å²) in [5.74, 6) is 1.50. The molecule has 0 spiro atoms. The number of carbonyl (C=O) groups excluding carboxylic acids is 2. The van der Waals surface area contributed by atoms with Gasteiger partial charge in [0, 0.05) is 24.7 Å². The Hall–Kier alpha value is -3.02. The molecule has 0 fully saturated rings. The molecule has 2 amide bonds. The molecule has 1 aliphatic carbocycles. The van der Waals surface area contributed by atoms with Gasteiger partial charge < -0.3 is 19.7 Å². The molecule has 0 aromatic heterocycles. The lowest BCUT2D eigenvalue weighted by Crippen LogP contribution is -2.38. The molecule has 0 saturated carbocycles. The lowest BCUT2D eigenvalue weighted by Gasteiger charge is -2.28. The van der Waals surface area contributed by atoms with E-state index in [2.05, 4.69) is 17.4 Å². The molecule has 30 heavy (non-hydrogen) atoms. The zero-order valence-electron chi connectivity index (χ0n) is 17.9. The number of benzene rings is 2. The minimum absolute atomic E-state index is 0.00644. The summed E-state index contributed by atoms with van der Waals surface area (Å²) in [5, 5.41) is 2.84. The second-order valence-corrected chi connectivity index (χ2v) is 7.55. The molecule has 1 unspecified atom stereocenters. The molecule has 2 aromatic rings. The smallest absolute Gasteiger partial charge is 0.243 e. The minimum atomic E-state index is -0.216. The first kappa shape index (κ1) is 21.7. The number of ether oxygens (including phenoxy) is 2. The fraction of sp³-hybridized carbons (Fsp3) is 0.417. The van der Waals surface area contributed by atoms with Gasteiger partial charge in [0.15, 0.2) is 0 Å². The van der Waals surface area contributed by atoms with Crippen LogP contribution in [0.4, 0.5) is 5.69 Å². The third-order valence-electron chi connectivity index (χ3n) is 5.63. The van der Waals surface area contributed by atoms with Crippen molar-refractivity contribution in [3.8, 4) is 11.5 Å². The highest BCUT2D eigenvalue weighted by Gasteiger charge is 2.25. The molecular formula is C24H30N2O4. The number of carbonyl (C=O) groups is 2. The van der Waals surface area contributed by atoms with E-state index in [0.29, 0.717) is 24.4 Å². The minimum Gasteiger partial charge on any atom is -0.497 e. The lowest BCUT2D eigenvalue weighted by atomic mass is 9.80. The van der Waals surface area contributed by atoms with Crippen LogP contribution in [-0.2, 0) is 16.0 Å². The van der Waals surface area contributed by atoms with Gasteiger partial charge in [-0.3, -0.25) is 9.59 Å². The van der Waals surface area contributed by atoms with Crippen molar-refractivity contribution >= 4 is 17.5 Å². The number of fused-ring (bicyclic) bond motifs is 1. The average molecular weight is 411 g/mol. The number of nitrogens with zero attached hydrogens (tertiary/aromatic N) is 1. The van der Waals surface area contributed by atoms with E-state index in [1.165, 1.54) is 11.1 Å². The Kier molecular flexibility index (Phi) is 7.33. The SMILES string of the molecule is CCN(CC(=O)Nc1cccc(OC)c1)C(=O)CC1CCCc2cc(OC)ccc21. The fourth-order valence-corrected chi connectivity index (χ4v) is 4.02. The number of methoxy groups -OCH3 is 2. The average Bonchev–Trinajstić information content (AvgIpc) is 2.77. The Balaban J connectivity index is 1.62. The number of anilines is 1. The lowest BCUT2D eigenvalue weighted by molar-refractivity contribution is -0.134. The molecule has 0 radical (unpaired) electrons. The van der Waals surface area contributed by atoms with E-state index in [1.54, 1.807) is 31.3 Å². The molecule has 0 aliphatic heterocycles. The molecule has 0 saturated heterocycles. The van der Waals surface area contributed by atoms with E-state index in [-0.39, 0.29) is 24.3 Å². The molecule has 1 N–H and O–H groups in total. The van der Waals surface area contributed by atoms with Gasteiger partial charge in [-0.1, -0.05) is 12.1 Å². The topological polar surface area (TPSA) is 67.9 Å². The molecule has 0 heterocycles. The second kappa shape index (κ2) is 10.1. The van der Waals surface area contributed by atoms with Crippen molar-refractivity contribution in [2.45, 2.75) is 38.5 Å². The van der Waals surface area contributed by atoms with E-state index in [1.807, 2.05) is 25.1 Å². The summed E-state index contributed by atoms with van der Waals surface area (Å²) in [4.78, 5) is 27.1. The maximum absolute atomic E-state index is 13.0. The number of rotatable bonds is 8. The first-order chi connectivity index (χ1) is 14.5. The van der Waals surface area contributed by atoms with Crippen LogP contribution < -0.4 is 14.8 Å². The first-order valence-electron chi connectivity index (χ1n) is 10.4. The number of amides is 2. The summed E-state index contributed by atoms with van der Waals surface area (Å²) in [7, 11) is 3.25. The summed E-state index contributed by atoms with van der Waals surface area (Å²) < 4.78 is 10.5. The number of aryl methyl sites for hydroxylation is 1. The van der Waals surface area contributed by atoms with Crippen LogP contribution in [0.2, 0.25) is 0 Å². The molecule has 6 heteroatoms. The van der Waals surface area contributed by atoms with Gasteiger partial charge in [0.05, 0.1) is 20.8 Å². The monoisotopic (exact) mass is 410 g/mol. The number of hydrogen-bond acceptors (Lipinski definition) is 4. The van der Waals surface area contributed by atoms with Crippen molar-refractivity contribution in [3.05, 3.63) is 53.6 Å². The van der Waals surface area contributed by atoms with E-state index in [4.69, 9.17) is 9.47 Å². The van der Waals surface area contributed by atoms with E-state index in [0.717, 1.165) is 25.0 Å². The van der Waals surface area contributed by atoms with Crippen molar-refractivity contribution in [2.75, 3.05) is 32.6 Å². The number of hydrogen-bond donors (Lipinski definition) is 1. The second-order valence-electron chi connectivity index (χ2n) is 7.55. The van der Waals surface area contributed by atoms with Gasteiger partial charge in [-0.2, -0.15) is 0 Å². The van der Waals surface area contributed by atoms with Crippen LogP contribution >= 0.6 is 0 Å². The van der Waals surface area contributed by atoms with Gasteiger partial charge in [-0.05, 0) is 67.5 Å². The third-order valence-corrected chi connectivity index (χ3v) is 5.63. The van der Waals surface area contributed by atoms with Crippen LogP contribution in [0, 0.1) is 0 Å². The Bertz CT molecular complexity index is 897. The third kappa shape index (κ3) is 5.32. The molecule has 0 bridgehead atoms. The van der Waals surface area contributed by atoms with Crippen molar-refractivity contribution < 1.29 is 19.1 Å². The molecule has 160 valence electrons. The number of likely N-dealkylation sites (N-methyl/N-ethyl adjacent to an activating group) is 1. The molecule has 1 atom stereocenters. The van der Waals surface area contributed by atoms with Crippen LogP contribution in [0.3, 0.4) is 0 Å². The van der Waals surface area contributed by atoms with Crippen LogP contribution in [-0.4, -0.2) is 44.0 Å². The van der Waals surface area contributed by atoms with Crippen LogP contribution in [0.25, 0.3) is 0 Å². The van der Waals surface area contributed by atoms with Gasteiger partial charge in [0.2, 0.25) is 11.8 Å². The number of nitrogens with one attached hydrogen (secondary N) is 1. The van der Waals surface area contributed by atoms with Crippen molar-refractivity contribution in [2.24, 2.45) is 0 Å². The normalized spacial score (nSPS) is 15.1. The van der Waals surface area contributed by atoms with Crippen molar-refractivity contribution in [1.29, 1.82) is 0 Å². The van der Waals surface area contributed by atoms with Gasteiger partial charge in [0.25, 0.3) is 0 Å². The zero-order valence-corrected chi connectivity index (χ0v) is 17.9. The zero-order chi connectivity index (χ0) is 21.5. The molecule has 6 nitrogen and oxygen atoms in total. The van der Waals surface area contributed by atoms with Gasteiger partial charge in [0.1, 0.15) is 11.5 Å². The summed E-state index contributed by atoms with van der Waals surface area (Å²) >= 11 is 0. The Morgan fingerprint density at radius 2 is 1.87 bits per heavy atom. The standard InChI is InChI=1S/C24H30N2O4/c1-4-26(16-23(27)25-19-9-6-10-20(15-19)29-2)24(28)14-18-8-5-7-17-13-21(30-3)11-12-22(17)18/h6,9-13,15,18H,4-5,7-8,14,16H2,1-3H3,(H,25,27). The van der Waals surface area contributed by atoms with E-state index < -0.39 is 0 Å². The predicted octanol–water partition coefficient (Wildman–Crippen LogP) is 4.00. The predicted molar refractivity (Wildman–Crippen MR) is 117 cm³/mol. The highest BCUT2D eigenvalue weighted by Crippen LogP contribution is 2.36. The van der Waals surface area contributed by atoms with Crippen LogP contribution in [0.15, 0.2) is 42.5 Å². The summed E-state index contributed by atoms with van der Waals surface area (Å²) in [6, 6.07) is 13.3. The van der Waals surface area contributed by atoms with Crippen molar-refractivity contribution in [1.82, 2.24) is 4.90 Å². The van der Waals surface area contributed by atoms with Crippen LogP contribution in [0.1, 0.15) is 43.2 Å². The Labute approximate surface area is 178 Å². The van der Waals surface area contributed by atoms with E-state index >= 15 is 0 Å². The highest BCUT2D eigenvalue weighted by molar-refractivity contribution is 5.94. The molecule has 3 rings (SSSR count). The van der Waals surface area contributed by atoms with Gasteiger partial charge in [-0.15, -0.1) is 0 Å². The quantitative estimate of drug-likeness (QED) is 0.714. The maximum atomic E-state index is 13.0. The fourth-order valence-electron chi connectivity index (χ4n) is 4.02. The maximum Gasteiger partial charge on any atom is 0.243 e. The van der Waals surface area contributed by atoms with E-state index in [9.17, 15) is 9.59 Å². The van der Waals surface area contributed by atoms with Crippen LogP contribution in [0.5, 0.6) is 11.5 Å². The summed E-state index contributed by atoms with van der Waals surface area (Å²) in [6.45, 7) is 2.43. The Morgan fingerprint density at radius 1 is 1.10 bits per heavy atom.